The van der Waals surface area contributed by atoms with Gasteiger partial charge in [-0.15, -0.1) is 0 Å². The van der Waals surface area contributed by atoms with E-state index >= 15 is 8.78 Å². The zero-order valence-electron chi connectivity index (χ0n) is 26.9. The average Bonchev–Trinajstić information content (AvgIpc) is 3.33. The van der Waals surface area contributed by atoms with E-state index in [1.165, 1.54) is 6.07 Å². The Bertz CT molecular complexity index is 1600. The Labute approximate surface area is 264 Å². The standard InChI is InChI=1S/C35H41F2N3O4Si/c1-22-19-40(20-23(2)43-22)34-26(18-29(31(36)32(34)37)33(38-41)30-24(3)39-44-25(30)4)21-42-45(35(5,6)7,27-14-10-8-11-15-27)28-16-12-9-13-17-28/h8-18,22-23,41H,19-21H2,1-7H3/b38-33-/t22-,23+. The minimum absolute atomic E-state index is 0.0206. The molecule has 0 aliphatic carbocycles. The summed E-state index contributed by atoms with van der Waals surface area (Å²) in [6.07, 6.45) is -0.392. The molecule has 0 amide bonds. The maximum Gasteiger partial charge on any atom is 0.261 e. The van der Waals surface area contributed by atoms with Crippen LogP contribution in [0.15, 0.2) is 76.4 Å². The van der Waals surface area contributed by atoms with E-state index in [0.717, 1.165) is 10.4 Å². The average molecular weight is 634 g/mol. The zero-order chi connectivity index (χ0) is 32.5. The number of hydrogen-bond acceptors (Lipinski definition) is 7. The fourth-order valence-corrected chi connectivity index (χ4v) is 11.2. The lowest BCUT2D eigenvalue weighted by atomic mass is 9.96. The van der Waals surface area contributed by atoms with Gasteiger partial charge in [0.05, 0.1) is 35.8 Å². The SMILES string of the molecule is Cc1noc(C)c1/C(=N\O)c1cc(CO[Si](c2ccccc2)(c2ccccc2)C(C)(C)C)c(N2C[C@@H](C)O[C@@H](C)C2)c(F)c1F. The largest absolute Gasteiger partial charge is 0.410 e. The van der Waals surface area contributed by atoms with E-state index in [4.69, 9.17) is 13.7 Å². The molecule has 3 aromatic carbocycles. The molecule has 0 radical (unpaired) electrons. The minimum Gasteiger partial charge on any atom is -0.410 e. The van der Waals surface area contributed by atoms with Crippen LogP contribution in [-0.4, -0.2) is 49.7 Å². The number of anilines is 1. The molecule has 238 valence electrons. The third kappa shape index (κ3) is 6.06. The molecule has 1 aliphatic heterocycles. The summed E-state index contributed by atoms with van der Waals surface area (Å²) in [7, 11) is -3.05. The molecule has 0 spiro atoms. The van der Waals surface area contributed by atoms with Crippen LogP contribution in [0.3, 0.4) is 0 Å². The Balaban J connectivity index is 1.72. The molecule has 4 aromatic rings. The van der Waals surface area contributed by atoms with Gasteiger partial charge in [-0.1, -0.05) is 91.7 Å². The highest BCUT2D eigenvalue weighted by Crippen LogP contribution is 2.39. The highest BCUT2D eigenvalue weighted by molar-refractivity contribution is 6.99. The number of oxime groups is 1. The first-order chi connectivity index (χ1) is 21.4. The molecule has 5 rings (SSSR count). The van der Waals surface area contributed by atoms with Crippen LogP contribution in [0.2, 0.25) is 5.04 Å². The summed E-state index contributed by atoms with van der Waals surface area (Å²) in [6, 6.07) is 21.8. The quantitative estimate of drug-likeness (QED) is 0.104. The summed E-state index contributed by atoms with van der Waals surface area (Å²) < 4.78 is 51.1. The van der Waals surface area contributed by atoms with Gasteiger partial charge in [0.15, 0.2) is 11.6 Å². The van der Waals surface area contributed by atoms with Gasteiger partial charge in [-0.2, -0.15) is 0 Å². The van der Waals surface area contributed by atoms with Crippen molar-refractivity contribution in [2.75, 3.05) is 18.0 Å². The van der Waals surface area contributed by atoms with E-state index < -0.39 is 20.0 Å². The normalized spacial score (nSPS) is 18.0. The maximum atomic E-state index is 16.5. The molecule has 1 aliphatic rings. The van der Waals surface area contributed by atoms with Crippen molar-refractivity contribution in [3.05, 3.63) is 107 Å². The van der Waals surface area contributed by atoms with Crippen molar-refractivity contribution >= 4 is 30.1 Å². The molecule has 1 aromatic heterocycles. The predicted octanol–water partition coefficient (Wildman–Crippen LogP) is 6.49. The molecule has 0 saturated carbocycles. The van der Waals surface area contributed by atoms with Crippen LogP contribution in [0.5, 0.6) is 0 Å². The molecule has 2 atom stereocenters. The number of benzene rings is 3. The molecule has 1 saturated heterocycles. The number of halogens is 2. The van der Waals surface area contributed by atoms with Crippen molar-refractivity contribution in [3.8, 4) is 0 Å². The van der Waals surface area contributed by atoms with Gasteiger partial charge in [-0.25, -0.2) is 8.78 Å². The molecule has 10 heteroatoms. The maximum absolute atomic E-state index is 16.5. The number of ether oxygens (including phenoxy) is 1. The monoisotopic (exact) mass is 633 g/mol. The minimum atomic E-state index is -3.05. The number of aryl methyl sites for hydroxylation is 2. The molecular weight excluding hydrogens is 592 g/mol. The second-order valence-electron chi connectivity index (χ2n) is 12.8. The van der Waals surface area contributed by atoms with Gasteiger partial charge in [-0.3, -0.25) is 0 Å². The summed E-state index contributed by atoms with van der Waals surface area (Å²) in [5.74, 6) is -1.84. The Morgan fingerprint density at radius 3 is 2.00 bits per heavy atom. The lowest BCUT2D eigenvalue weighted by Gasteiger charge is -2.43. The molecule has 45 heavy (non-hydrogen) atoms. The van der Waals surface area contributed by atoms with Crippen LogP contribution in [0.25, 0.3) is 0 Å². The van der Waals surface area contributed by atoms with Crippen molar-refractivity contribution in [2.24, 2.45) is 5.16 Å². The van der Waals surface area contributed by atoms with Gasteiger partial charge < -0.3 is 23.8 Å². The van der Waals surface area contributed by atoms with Gasteiger partial charge in [0.25, 0.3) is 8.32 Å². The van der Waals surface area contributed by atoms with Crippen LogP contribution in [0, 0.1) is 25.5 Å². The van der Waals surface area contributed by atoms with E-state index in [9.17, 15) is 5.21 Å². The fourth-order valence-electron chi connectivity index (χ4n) is 6.66. The third-order valence-corrected chi connectivity index (χ3v) is 13.5. The first kappa shape index (κ1) is 32.5. The molecule has 0 bridgehead atoms. The van der Waals surface area contributed by atoms with Gasteiger partial charge in [0, 0.05) is 24.2 Å². The second-order valence-corrected chi connectivity index (χ2v) is 17.1. The van der Waals surface area contributed by atoms with Crippen molar-refractivity contribution in [3.63, 3.8) is 0 Å². The van der Waals surface area contributed by atoms with Crippen LogP contribution in [0.4, 0.5) is 14.5 Å². The Morgan fingerprint density at radius 2 is 1.53 bits per heavy atom. The van der Waals surface area contributed by atoms with Crippen LogP contribution in [-0.2, 0) is 15.8 Å². The van der Waals surface area contributed by atoms with Crippen molar-refractivity contribution < 1.29 is 27.7 Å². The number of rotatable bonds is 8. The number of nitrogens with zero attached hydrogens (tertiary/aromatic N) is 3. The highest BCUT2D eigenvalue weighted by Gasteiger charge is 2.50. The summed E-state index contributed by atoms with van der Waals surface area (Å²) in [5.41, 5.74) is 0.882. The smallest absolute Gasteiger partial charge is 0.261 e. The topological polar surface area (TPSA) is 80.3 Å². The van der Waals surface area contributed by atoms with Crippen molar-refractivity contribution in [1.29, 1.82) is 0 Å². The van der Waals surface area contributed by atoms with E-state index in [-0.39, 0.29) is 40.8 Å². The van der Waals surface area contributed by atoms with Crippen LogP contribution < -0.4 is 15.3 Å². The van der Waals surface area contributed by atoms with Crippen LogP contribution in [0.1, 0.15) is 62.8 Å². The molecule has 7 nitrogen and oxygen atoms in total. The van der Waals surface area contributed by atoms with E-state index in [1.54, 1.807) is 13.8 Å². The number of morpholine rings is 1. The van der Waals surface area contributed by atoms with Gasteiger partial charge in [0.2, 0.25) is 0 Å². The van der Waals surface area contributed by atoms with Crippen LogP contribution >= 0.6 is 0 Å². The highest BCUT2D eigenvalue weighted by atomic mass is 28.4. The van der Waals surface area contributed by atoms with Crippen molar-refractivity contribution in [1.82, 2.24) is 5.16 Å². The number of hydrogen-bond donors (Lipinski definition) is 1. The summed E-state index contributed by atoms with van der Waals surface area (Å²) in [6.45, 7) is 14.3. The third-order valence-electron chi connectivity index (χ3n) is 8.48. The van der Waals surface area contributed by atoms with Crippen molar-refractivity contribution in [2.45, 2.75) is 72.3 Å². The first-order valence-corrected chi connectivity index (χ1v) is 17.1. The molecule has 0 unspecified atom stereocenters. The van der Waals surface area contributed by atoms with Gasteiger partial charge in [0.1, 0.15) is 11.5 Å². The molecule has 1 fully saturated rings. The summed E-state index contributed by atoms with van der Waals surface area (Å²) >= 11 is 0. The van der Waals surface area contributed by atoms with Gasteiger partial charge in [-0.05, 0) is 49.2 Å². The van der Waals surface area contributed by atoms with E-state index in [1.807, 2.05) is 55.1 Å². The van der Waals surface area contributed by atoms with E-state index in [0.29, 0.717) is 35.7 Å². The second kappa shape index (κ2) is 12.9. The summed E-state index contributed by atoms with van der Waals surface area (Å²) in [5, 5.41) is 19.3. The lowest BCUT2D eigenvalue weighted by molar-refractivity contribution is -0.00553. The lowest BCUT2D eigenvalue weighted by Crippen LogP contribution is -2.66. The molecule has 2 heterocycles. The molecule has 1 N–H and O–H groups in total. The van der Waals surface area contributed by atoms with Gasteiger partial charge >= 0.3 is 0 Å². The Hall–Kier alpha value is -3.86. The van der Waals surface area contributed by atoms with E-state index in [2.05, 4.69) is 55.3 Å². The fraction of sp³-hybridized carbons (Fsp3) is 0.371. The number of aromatic nitrogens is 1. The first-order valence-electron chi connectivity index (χ1n) is 15.2. The summed E-state index contributed by atoms with van der Waals surface area (Å²) in [4.78, 5) is 1.83. The predicted molar refractivity (Wildman–Crippen MR) is 174 cm³/mol. The zero-order valence-corrected chi connectivity index (χ0v) is 27.9. The Kier molecular flexibility index (Phi) is 9.30. The molecular formula is C35H41F2N3O4Si. The Morgan fingerprint density at radius 1 is 0.978 bits per heavy atom.